The normalized spacial score (nSPS) is 16.4. The Labute approximate surface area is 179 Å². The summed E-state index contributed by atoms with van der Waals surface area (Å²) in [7, 11) is 1.66. The summed E-state index contributed by atoms with van der Waals surface area (Å²) in [6, 6.07) is 7.19. The van der Waals surface area contributed by atoms with Gasteiger partial charge in [0.05, 0.1) is 18.8 Å². The SMILES string of the molecule is Cc1cc(F)cc(-c2cc(Nc3cc4n(n3)CCN(C3CC3)C4)c(=O)n(C)c2)c1CO. The Kier molecular flexibility index (Phi) is 4.91. The third-order valence-corrected chi connectivity index (χ3v) is 6.24. The fourth-order valence-corrected chi connectivity index (χ4v) is 4.43. The number of aromatic nitrogens is 3. The average Bonchev–Trinajstić information content (AvgIpc) is 3.50. The second kappa shape index (κ2) is 7.62. The standard InChI is InChI=1S/C23H26FN5O2/c1-14-7-16(24)9-19(20(14)13-30)15-8-21(23(31)27(2)11-15)25-22-10-18-12-28(17-3-4-17)5-6-29(18)26-22/h7-11,17,30H,3-6,12-13H2,1-2H3,(H,25,26). The van der Waals surface area contributed by atoms with Crippen molar-refractivity contribution in [2.24, 2.45) is 7.05 Å². The summed E-state index contributed by atoms with van der Waals surface area (Å²) in [4.78, 5) is 15.3. The Hall–Kier alpha value is -2.97. The molecule has 1 aliphatic heterocycles. The van der Waals surface area contributed by atoms with E-state index in [1.54, 1.807) is 26.2 Å². The number of anilines is 2. The smallest absolute Gasteiger partial charge is 0.274 e. The summed E-state index contributed by atoms with van der Waals surface area (Å²) in [5.74, 6) is 0.245. The average molecular weight is 423 g/mol. The highest BCUT2D eigenvalue weighted by atomic mass is 19.1. The van der Waals surface area contributed by atoms with Crippen LogP contribution in [0.1, 0.15) is 29.7 Å². The fourth-order valence-electron chi connectivity index (χ4n) is 4.43. The van der Waals surface area contributed by atoms with E-state index >= 15 is 0 Å². The minimum atomic E-state index is -0.380. The molecular weight excluding hydrogens is 397 g/mol. The zero-order chi connectivity index (χ0) is 21.7. The molecule has 0 bridgehead atoms. The molecule has 5 rings (SSSR count). The second-order valence-corrected chi connectivity index (χ2v) is 8.54. The predicted octanol–water partition coefficient (Wildman–Crippen LogP) is 2.91. The van der Waals surface area contributed by atoms with Crippen LogP contribution in [0.2, 0.25) is 0 Å². The minimum absolute atomic E-state index is 0.201. The number of rotatable bonds is 5. The fraction of sp³-hybridized carbons (Fsp3) is 0.391. The molecule has 0 saturated heterocycles. The largest absolute Gasteiger partial charge is 0.392 e. The molecule has 3 aromatic rings. The molecule has 7 nitrogen and oxygen atoms in total. The molecule has 31 heavy (non-hydrogen) atoms. The maximum atomic E-state index is 14.1. The van der Waals surface area contributed by atoms with Gasteiger partial charge in [0.1, 0.15) is 11.5 Å². The minimum Gasteiger partial charge on any atom is -0.392 e. The summed E-state index contributed by atoms with van der Waals surface area (Å²) in [6.07, 6.45) is 4.21. The highest BCUT2D eigenvalue weighted by molar-refractivity contribution is 5.72. The molecule has 2 aromatic heterocycles. The lowest BCUT2D eigenvalue weighted by atomic mass is 9.97. The van der Waals surface area contributed by atoms with Crippen LogP contribution in [0.5, 0.6) is 0 Å². The Morgan fingerprint density at radius 2 is 2.03 bits per heavy atom. The van der Waals surface area contributed by atoms with Crippen LogP contribution in [0.15, 0.2) is 35.3 Å². The molecule has 1 aromatic carbocycles. The molecule has 1 saturated carbocycles. The Balaban J connectivity index is 1.49. The van der Waals surface area contributed by atoms with E-state index in [9.17, 15) is 14.3 Å². The van der Waals surface area contributed by atoms with Crippen molar-refractivity contribution in [2.45, 2.75) is 45.5 Å². The molecule has 0 atom stereocenters. The molecule has 2 N–H and O–H groups in total. The van der Waals surface area contributed by atoms with Crippen LogP contribution in [-0.4, -0.2) is 36.9 Å². The predicted molar refractivity (Wildman–Crippen MR) is 117 cm³/mol. The van der Waals surface area contributed by atoms with Crippen LogP contribution in [0, 0.1) is 12.7 Å². The molecule has 8 heteroatoms. The molecule has 0 amide bonds. The van der Waals surface area contributed by atoms with Gasteiger partial charge >= 0.3 is 0 Å². The number of hydrogen-bond acceptors (Lipinski definition) is 5. The van der Waals surface area contributed by atoms with Crippen molar-refractivity contribution in [2.75, 3.05) is 11.9 Å². The van der Waals surface area contributed by atoms with Gasteiger partial charge < -0.3 is 15.0 Å². The van der Waals surface area contributed by atoms with E-state index in [1.807, 2.05) is 10.7 Å². The summed E-state index contributed by atoms with van der Waals surface area (Å²) in [5.41, 5.74) is 3.83. The summed E-state index contributed by atoms with van der Waals surface area (Å²) in [5, 5.41) is 17.6. The van der Waals surface area contributed by atoms with Gasteiger partial charge in [-0.05, 0) is 54.7 Å². The number of pyridine rings is 1. The maximum Gasteiger partial charge on any atom is 0.274 e. The van der Waals surface area contributed by atoms with Gasteiger partial charge in [-0.2, -0.15) is 5.10 Å². The summed E-state index contributed by atoms with van der Waals surface area (Å²) >= 11 is 0. The van der Waals surface area contributed by atoms with E-state index in [0.717, 1.165) is 25.3 Å². The zero-order valence-corrected chi connectivity index (χ0v) is 17.7. The van der Waals surface area contributed by atoms with Crippen LogP contribution in [0.4, 0.5) is 15.9 Å². The van der Waals surface area contributed by atoms with Crippen LogP contribution in [0.3, 0.4) is 0 Å². The topological polar surface area (TPSA) is 75.3 Å². The summed E-state index contributed by atoms with van der Waals surface area (Å²) in [6.45, 7) is 4.27. The van der Waals surface area contributed by atoms with E-state index < -0.39 is 0 Å². The van der Waals surface area contributed by atoms with Gasteiger partial charge in [0, 0.05) is 44.0 Å². The number of aryl methyl sites for hydroxylation is 2. The van der Waals surface area contributed by atoms with Gasteiger partial charge in [-0.15, -0.1) is 0 Å². The molecule has 162 valence electrons. The molecule has 0 unspecified atom stereocenters. The van der Waals surface area contributed by atoms with E-state index in [-0.39, 0.29) is 18.0 Å². The number of aliphatic hydroxyl groups is 1. The van der Waals surface area contributed by atoms with Crippen molar-refractivity contribution >= 4 is 11.5 Å². The van der Waals surface area contributed by atoms with E-state index in [4.69, 9.17) is 0 Å². The highest BCUT2D eigenvalue weighted by Gasteiger charge is 2.31. The monoisotopic (exact) mass is 423 g/mol. The van der Waals surface area contributed by atoms with E-state index in [0.29, 0.717) is 39.8 Å². The van der Waals surface area contributed by atoms with Gasteiger partial charge in [0.15, 0.2) is 5.82 Å². The van der Waals surface area contributed by atoms with Crippen molar-refractivity contribution < 1.29 is 9.50 Å². The summed E-state index contributed by atoms with van der Waals surface area (Å²) < 4.78 is 17.6. The molecule has 3 heterocycles. The van der Waals surface area contributed by atoms with Crippen LogP contribution in [0.25, 0.3) is 11.1 Å². The van der Waals surface area contributed by atoms with Gasteiger partial charge in [0.2, 0.25) is 0 Å². The van der Waals surface area contributed by atoms with Gasteiger partial charge in [-0.1, -0.05) is 0 Å². The number of benzene rings is 1. The number of nitrogens with zero attached hydrogens (tertiary/aromatic N) is 4. The van der Waals surface area contributed by atoms with E-state index in [2.05, 4.69) is 15.3 Å². The third-order valence-electron chi connectivity index (χ3n) is 6.24. The quantitative estimate of drug-likeness (QED) is 0.660. The first kappa shape index (κ1) is 20.0. The molecule has 0 radical (unpaired) electrons. The maximum absolute atomic E-state index is 14.1. The van der Waals surface area contributed by atoms with Crippen LogP contribution >= 0.6 is 0 Å². The number of fused-ring (bicyclic) bond motifs is 1. The lowest BCUT2D eigenvalue weighted by molar-refractivity contribution is 0.204. The Bertz CT molecular complexity index is 1210. The zero-order valence-electron chi connectivity index (χ0n) is 17.7. The molecule has 0 spiro atoms. The first-order chi connectivity index (χ1) is 14.9. The van der Waals surface area contributed by atoms with Crippen LogP contribution in [-0.2, 0) is 26.7 Å². The van der Waals surface area contributed by atoms with Gasteiger partial charge in [-0.25, -0.2) is 4.39 Å². The van der Waals surface area contributed by atoms with Gasteiger partial charge in [0.25, 0.3) is 5.56 Å². The lowest BCUT2D eigenvalue weighted by Crippen LogP contribution is -2.35. The number of hydrogen-bond donors (Lipinski definition) is 2. The van der Waals surface area contributed by atoms with Crippen molar-refractivity contribution in [1.82, 2.24) is 19.2 Å². The van der Waals surface area contributed by atoms with Crippen LogP contribution < -0.4 is 10.9 Å². The van der Waals surface area contributed by atoms with Crippen molar-refractivity contribution in [3.63, 3.8) is 0 Å². The lowest BCUT2D eigenvalue weighted by Gasteiger charge is -2.27. The molecule has 1 fully saturated rings. The number of aliphatic hydroxyl groups excluding tert-OH is 1. The Morgan fingerprint density at radius 3 is 2.77 bits per heavy atom. The molecule has 1 aliphatic carbocycles. The molecule has 2 aliphatic rings. The van der Waals surface area contributed by atoms with Crippen molar-refractivity contribution in [3.8, 4) is 11.1 Å². The highest BCUT2D eigenvalue weighted by Crippen LogP contribution is 2.31. The first-order valence-corrected chi connectivity index (χ1v) is 10.6. The number of nitrogens with one attached hydrogen (secondary N) is 1. The third kappa shape index (κ3) is 3.77. The van der Waals surface area contributed by atoms with Gasteiger partial charge in [-0.3, -0.25) is 14.4 Å². The molecular formula is C23H26FN5O2. The van der Waals surface area contributed by atoms with Crippen molar-refractivity contribution in [1.29, 1.82) is 0 Å². The second-order valence-electron chi connectivity index (χ2n) is 8.54. The Morgan fingerprint density at radius 1 is 1.23 bits per heavy atom. The van der Waals surface area contributed by atoms with E-state index in [1.165, 1.54) is 29.5 Å². The number of halogens is 1. The first-order valence-electron chi connectivity index (χ1n) is 10.6. The van der Waals surface area contributed by atoms with Crippen molar-refractivity contribution in [3.05, 3.63) is 63.5 Å².